The van der Waals surface area contributed by atoms with Gasteiger partial charge < -0.3 is 14.6 Å². The van der Waals surface area contributed by atoms with Crippen molar-refractivity contribution >= 4 is 0 Å². The lowest BCUT2D eigenvalue weighted by Gasteiger charge is -2.53. The van der Waals surface area contributed by atoms with Crippen LogP contribution >= 0.6 is 0 Å². The fourth-order valence-electron chi connectivity index (χ4n) is 4.97. The van der Waals surface area contributed by atoms with Gasteiger partial charge in [0.25, 0.3) is 0 Å². The third-order valence-electron chi connectivity index (χ3n) is 6.32. The minimum absolute atomic E-state index is 0.235. The van der Waals surface area contributed by atoms with Crippen LogP contribution in [0.15, 0.2) is 42.7 Å². The number of pyridine rings is 1. The first-order valence-corrected chi connectivity index (χ1v) is 9.71. The van der Waals surface area contributed by atoms with Crippen molar-refractivity contribution in [2.24, 2.45) is 11.8 Å². The molecule has 1 saturated carbocycles. The Hall–Kier alpha value is -2.11. The Bertz CT molecular complexity index is 766. The van der Waals surface area contributed by atoms with Gasteiger partial charge in [0.2, 0.25) is 0 Å². The molecule has 2 aromatic rings. The highest BCUT2D eigenvalue weighted by molar-refractivity contribution is 5.40. The standard InChI is InChI=1S/C22H28N2O3/c1-26-20-9-8-16(21(11-20)27-2)13-24-14-18-5-3-6-19(15-24)22(18,25)17-7-4-10-23-12-17/h4,7-12,18-19,25H,3,5-6,13-15H2,1-2H3/t18-,19-/m0/s1. The molecule has 1 saturated heterocycles. The third kappa shape index (κ3) is 3.30. The molecule has 0 unspecified atom stereocenters. The zero-order valence-electron chi connectivity index (χ0n) is 16.1. The lowest BCUT2D eigenvalue weighted by atomic mass is 9.63. The highest BCUT2D eigenvalue weighted by atomic mass is 16.5. The minimum Gasteiger partial charge on any atom is -0.497 e. The molecule has 5 heteroatoms. The molecule has 1 aromatic carbocycles. The molecule has 0 spiro atoms. The van der Waals surface area contributed by atoms with Gasteiger partial charge in [0.15, 0.2) is 0 Å². The highest BCUT2D eigenvalue weighted by Crippen LogP contribution is 2.49. The first kappa shape index (κ1) is 18.3. The second-order valence-corrected chi connectivity index (χ2v) is 7.76. The zero-order valence-corrected chi connectivity index (χ0v) is 16.1. The lowest BCUT2D eigenvalue weighted by Crippen LogP contribution is -2.57. The normalized spacial score (nSPS) is 28.0. The van der Waals surface area contributed by atoms with E-state index in [1.165, 1.54) is 6.42 Å². The Labute approximate surface area is 160 Å². The van der Waals surface area contributed by atoms with E-state index >= 15 is 0 Å². The Morgan fingerprint density at radius 1 is 1.15 bits per heavy atom. The Balaban J connectivity index is 1.56. The van der Waals surface area contributed by atoms with Gasteiger partial charge in [-0.2, -0.15) is 0 Å². The molecule has 2 heterocycles. The number of aromatic nitrogens is 1. The Kier molecular flexibility index (Phi) is 5.06. The van der Waals surface area contributed by atoms with Gasteiger partial charge in [0.05, 0.1) is 19.8 Å². The van der Waals surface area contributed by atoms with E-state index in [1.807, 2.05) is 30.5 Å². The van der Waals surface area contributed by atoms with E-state index in [-0.39, 0.29) is 11.8 Å². The summed E-state index contributed by atoms with van der Waals surface area (Å²) < 4.78 is 10.9. The summed E-state index contributed by atoms with van der Waals surface area (Å²) >= 11 is 0. The molecule has 2 atom stereocenters. The predicted molar refractivity (Wildman–Crippen MR) is 104 cm³/mol. The van der Waals surface area contributed by atoms with Crippen LogP contribution in [0.3, 0.4) is 0 Å². The molecule has 0 radical (unpaired) electrons. The van der Waals surface area contributed by atoms with Crippen molar-refractivity contribution in [3.63, 3.8) is 0 Å². The summed E-state index contributed by atoms with van der Waals surface area (Å²) in [6, 6.07) is 9.95. The Morgan fingerprint density at radius 3 is 2.56 bits per heavy atom. The lowest BCUT2D eigenvalue weighted by molar-refractivity contribution is -0.148. The van der Waals surface area contributed by atoms with Crippen molar-refractivity contribution in [3.8, 4) is 11.5 Å². The quantitative estimate of drug-likeness (QED) is 0.878. The van der Waals surface area contributed by atoms with Crippen molar-refractivity contribution in [1.29, 1.82) is 0 Å². The molecule has 27 heavy (non-hydrogen) atoms. The van der Waals surface area contributed by atoms with Crippen molar-refractivity contribution in [2.45, 2.75) is 31.4 Å². The monoisotopic (exact) mass is 368 g/mol. The number of methoxy groups -OCH3 is 2. The number of piperidine rings is 1. The average Bonchev–Trinajstić information content (AvgIpc) is 2.69. The van der Waals surface area contributed by atoms with Crippen molar-refractivity contribution in [3.05, 3.63) is 53.9 Å². The largest absolute Gasteiger partial charge is 0.497 e. The van der Waals surface area contributed by atoms with Crippen molar-refractivity contribution in [2.75, 3.05) is 27.3 Å². The van der Waals surface area contributed by atoms with Crippen LogP contribution in [0.2, 0.25) is 0 Å². The van der Waals surface area contributed by atoms with E-state index < -0.39 is 5.60 Å². The van der Waals surface area contributed by atoms with E-state index in [0.29, 0.717) is 0 Å². The van der Waals surface area contributed by atoms with Gasteiger partial charge >= 0.3 is 0 Å². The number of hydrogen-bond acceptors (Lipinski definition) is 5. The number of rotatable bonds is 5. The van der Waals surface area contributed by atoms with Gasteiger partial charge in [0.1, 0.15) is 11.5 Å². The van der Waals surface area contributed by atoms with E-state index in [0.717, 1.165) is 55.1 Å². The number of ether oxygens (including phenoxy) is 2. The van der Waals surface area contributed by atoms with Crippen LogP contribution in [0.5, 0.6) is 11.5 Å². The predicted octanol–water partition coefficient (Wildman–Crippen LogP) is 3.22. The fourth-order valence-corrected chi connectivity index (χ4v) is 4.97. The molecule has 2 aliphatic rings. The summed E-state index contributed by atoms with van der Waals surface area (Å²) in [7, 11) is 3.36. The molecule has 4 rings (SSSR count). The Morgan fingerprint density at radius 2 is 1.93 bits per heavy atom. The van der Waals surface area contributed by atoms with Crippen LogP contribution < -0.4 is 9.47 Å². The summed E-state index contributed by atoms with van der Waals surface area (Å²) in [5.41, 5.74) is 1.37. The smallest absolute Gasteiger partial charge is 0.127 e. The van der Waals surface area contributed by atoms with Crippen LogP contribution in [0.1, 0.15) is 30.4 Å². The maximum absolute atomic E-state index is 11.7. The zero-order chi connectivity index (χ0) is 18.9. The number of nitrogens with zero attached hydrogens (tertiary/aromatic N) is 2. The van der Waals surface area contributed by atoms with Gasteiger partial charge in [-0.15, -0.1) is 0 Å². The summed E-state index contributed by atoms with van der Waals surface area (Å²) in [5, 5.41) is 11.7. The number of benzene rings is 1. The molecule has 1 N–H and O–H groups in total. The molecule has 0 amide bonds. The molecular weight excluding hydrogens is 340 g/mol. The van der Waals surface area contributed by atoms with Crippen LogP contribution in [-0.2, 0) is 12.1 Å². The number of aliphatic hydroxyl groups is 1. The number of likely N-dealkylation sites (tertiary alicyclic amines) is 1. The summed E-state index contributed by atoms with van der Waals surface area (Å²) in [4.78, 5) is 6.72. The molecule has 1 aliphatic carbocycles. The SMILES string of the molecule is COc1ccc(CN2C[C@@H]3CCC[C@@H](C2)C3(O)c2cccnc2)c(OC)c1. The average molecular weight is 368 g/mol. The van der Waals surface area contributed by atoms with E-state index in [1.54, 1.807) is 20.4 Å². The molecule has 2 bridgehead atoms. The van der Waals surface area contributed by atoms with E-state index in [9.17, 15) is 5.11 Å². The first-order chi connectivity index (χ1) is 13.1. The highest BCUT2D eigenvalue weighted by Gasteiger charge is 2.51. The van der Waals surface area contributed by atoms with Crippen molar-refractivity contribution in [1.82, 2.24) is 9.88 Å². The summed E-state index contributed by atoms with van der Waals surface area (Å²) in [6.45, 7) is 2.59. The van der Waals surface area contributed by atoms with E-state index in [2.05, 4.69) is 16.0 Å². The maximum atomic E-state index is 11.7. The molecule has 2 fully saturated rings. The molecule has 1 aromatic heterocycles. The molecular formula is C22H28N2O3. The van der Waals surface area contributed by atoms with Crippen LogP contribution in [0.25, 0.3) is 0 Å². The summed E-state index contributed by atoms with van der Waals surface area (Å²) in [5.74, 6) is 2.13. The molecule has 144 valence electrons. The molecule has 1 aliphatic heterocycles. The number of hydrogen-bond donors (Lipinski definition) is 1. The first-order valence-electron chi connectivity index (χ1n) is 9.71. The third-order valence-corrected chi connectivity index (χ3v) is 6.32. The van der Waals surface area contributed by atoms with Gasteiger partial charge in [-0.05, 0) is 25.0 Å². The van der Waals surface area contributed by atoms with E-state index in [4.69, 9.17) is 9.47 Å². The molecule has 5 nitrogen and oxygen atoms in total. The van der Waals surface area contributed by atoms with Gasteiger partial charge in [-0.25, -0.2) is 0 Å². The summed E-state index contributed by atoms with van der Waals surface area (Å²) in [6.07, 6.45) is 6.91. The van der Waals surface area contributed by atoms with Gasteiger partial charge in [-0.3, -0.25) is 9.88 Å². The van der Waals surface area contributed by atoms with Crippen LogP contribution in [0, 0.1) is 11.8 Å². The van der Waals surface area contributed by atoms with Crippen molar-refractivity contribution < 1.29 is 14.6 Å². The van der Waals surface area contributed by atoms with Crippen LogP contribution in [-0.4, -0.2) is 42.3 Å². The van der Waals surface area contributed by atoms with Crippen LogP contribution in [0.4, 0.5) is 0 Å². The second kappa shape index (κ2) is 7.49. The second-order valence-electron chi connectivity index (χ2n) is 7.76. The fraction of sp³-hybridized carbons (Fsp3) is 0.500. The van der Waals surface area contributed by atoms with Gasteiger partial charge in [-0.1, -0.05) is 18.6 Å². The number of fused-ring (bicyclic) bond motifs is 2. The topological polar surface area (TPSA) is 54.8 Å². The van der Waals surface area contributed by atoms with Gasteiger partial charge in [0, 0.05) is 61.1 Å². The minimum atomic E-state index is -0.757. The maximum Gasteiger partial charge on any atom is 0.127 e.